The minimum Gasteiger partial charge on any atom is -0.339 e. The van der Waals surface area contributed by atoms with Crippen LogP contribution in [0.5, 0.6) is 0 Å². The molecule has 1 amide bonds. The van der Waals surface area contributed by atoms with Gasteiger partial charge in [-0.25, -0.2) is 0 Å². The molecule has 0 atom stereocenters. The van der Waals surface area contributed by atoms with Crippen molar-refractivity contribution in [2.24, 2.45) is 0 Å². The van der Waals surface area contributed by atoms with Gasteiger partial charge in [0.05, 0.1) is 0 Å². The molecule has 0 spiro atoms. The molecular weight excluding hydrogens is 394 g/mol. The summed E-state index contributed by atoms with van der Waals surface area (Å²) in [4.78, 5) is 16.3. The van der Waals surface area contributed by atoms with Crippen LogP contribution < -0.4 is 5.32 Å². The second kappa shape index (κ2) is 7.59. The summed E-state index contributed by atoms with van der Waals surface area (Å²) in [6.45, 7) is 0. The first-order valence-electron chi connectivity index (χ1n) is 7.24. The highest BCUT2D eigenvalue weighted by Crippen LogP contribution is 2.20. The van der Waals surface area contributed by atoms with Gasteiger partial charge in [-0.3, -0.25) is 4.79 Å². The molecule has 2 aromatic carbocycles. The molecule has 7 heteroatoms. The lowest BCUT2D eigenvalue weighted by atomic mass is 10.2. The van der Waals surface area contributed by atoms with Crippen molar-refractivity contribution in [3.63, 3.8) is 0 Å². The van der Waals surface area contributed by atoms with Gasteiger partial charge in [-0.05, 0) is 30.3 Å². The number of halogens is 2. The number of aromatic nitrogens is 2. The van der Waals surface area contributed by atoms with E-state index in [2.05, 4.69) is 31.4 Å². The van der Waals surface area contributed by atoms with Crippen LogP contribution in [0.3, 0.4) is 0 Å². The molecule has 0 saturated carbocycles. The Labute approximate surface area is 152 Å². The molecule has 0 radical (unpaired) electrons. The van der Waals surface area contributed by atoms with Crippen molar-refractivity contribution < 1.29 is 9.32 Å². The van der Waals surface area contributed by atoms with Crippen molar-refractivity contribution in [3.8, 4) is 11.4 Å². The average Bonchev–Trinajstić information content (AvgIpc) is 3.02. The number of carbonyl (C=O) groups is 1. The molecule has 0 unspecified atom stereocenters. The summed E-state index contributed by atoms with van der Waals surface area (Å²) < 4.78 is 6.09. The van der Waals surface area contributed by atoms with Gasteiger partial charge in [0.15, 0.2) is 0 Å². The van der Waals surface area contributed by atoms with Gasteiger partial charge in [0, 0.05) is 33.6 Å². The van der Waals surface area contributed by atoms with E-state index in [4.69, 9.17) is 16.1 Å². The molecular formula is C17H13BrClN3O2. The van der Waals surface area contributed by atoms with Crippen LogP contribution in [-0.2, 0) is 11.2 Å². The van der Waals surface area contributed by atoms with E-state index < -0.39 is 0 Å². The van der Waals surface area contributed by atoms with Crippen LogP contribution >= 0.6 is 27.5 Å². The summed E-state index contributed by atoms with van der Waals surface area (Å²) in [5.41, 5.74) is 1.51. The van der Waals surface area contributed by atoms with Crippen molar-refractivity contribution in [2.45, 2.75) is 12.8 Å². The SMILES string of the molecule is O=C(CCc1nc(-c2cccc(Cl)c2)no1)Nc1cccc(Br)c1. The van der Waals surface area contributed by atoms with Crippen molar-refractivity contribution in [2.75, 3.05) is 5.32 Å². The van der Waals surface area contributed by atoms with Gasteiger partial charge < -0.3 is 9.84 Å². The minimum atomic E-state index is -0.115. The van der Waals surface area contributed by atoms with Crippen molar-refractivity contribution in [1.29, 1.82) is 0 Å². The fraction of sp³-hybridized carbons (Fsp3) is 0.118. The molecule has 122 valence electrons. The zero-order chi connectivity index (χ0) is 16.9. The molecule has 1 N–H and O–H groups in total. The van der Waals surface area contributed by atoms with Crippen molar-refractivity contribution in [1.82, 2.24) is 10.1 Å². The first-order valence-corrected chi connectivity index (χ1v) is 8.41. The molecule has 0 aliphatic rings. The molecule has 0 bridgehead atoms. The highest BCUT2D eigenvalue weighted by Gasteiger charge is 2.11. The van der Waals surface area contributed by atoms with Crippen LogP contribution in [0.25, 0.3) is 11.4 Å². The summed E-state index contributed by atoms with van der Waals surface area (Å²) in [6.07, 6.45) is 0.622. The van der Waals surface area contributed by atoms with E-state index >= 15 is 0 Å². The number of benzene rings is 2. The third-order valence-corrected chi connectivity index (χ3v) is 3.95. The van der Waals surface area contributed by atoms with Crippen LogP contribution in [0, 0.1) is 0 Å². The van der Waals surface area contributed by atoms with Gasteiger partial charge in [0.1, 0.15) is 0 Å². The lowest BCUT2D eigenvalue weighted by Crippen LogP contribution is -2.12. The van der Waals surface area contributed by atoms with Crippen LogP contribution in [0.2, 0.25) is 5.02 Å². The molecule has 0 aliphatic carbocycles. The standard InChI is InChI=1S/C17H13BrClN3O2/c18-12-4-2-6-14(10-12)20-15(23)7-8-16-21-17(22-24-16)11-3-1-5-13(19)9-11/h1-6,9-10H,7-8H2,(H,20,23). The number of amides is 1. The molecule has 1 aromatic heterocycles. The number of nitrogens with zero attached hydrogens (tertiary/aromatic N) is 2. The Morgan fingerprint density at radius 2 is 2.04 bits per heavy atom. The maximum atomic E-state index is 12.0. The van der Waals surface area contributed by atoms with Crippen molar-refractivity contribution >= 4 is 39.1 Å². The predicted molar refractivity (Wildman–Crippen MR) is 95.8 cm³/mol. The average molecular weight is 407 g/mol. The van der Waals surface area contributed by atoms with E-state index in [1.807, 2.05) is 36.4 Å². The minimum absolute atomic E-state index is 0.115. The van der Waals surface area contributed by atoms with Crippen LogP contribution in [-0.4, -0.2) is 16.0 Å². The normalized spacial score (nSPS) is 10.6. The summed E-state index contributed by atoms with van der Waals surface area (Å²) in [5.74, 6) is 0.755. The number of aryl methyl sites for hydroxylation is 1. The number of hydrogen-bond acceptors (Lipinski definition) is 4. The Morgan fingerprint density at radius 3 is 2.83 bits per heavy atom. The number of hydrogen-bond donors (Lipinski definition) is 1. The van der Waals surface area contributed by atoms with E-state index in [0.717, 1.165) is 15.7 Å². The zero-order valence-corrected chi connectivity index (χ0v) is 14.8. The first-order chi connectivity index (χ1) is 11.6. The largest absolute Gasteiger partial charge is 0.339 e. The molecule has 0 saturated heterocycles. The molecule has 24 heavy (non-hydrogen) atoms. The Bertz CT molecular complexity index is 866. The molecule has 0 aliphatic heterocycles. The summed E-state index contributed by atoms with van der Waals surface area (Å²) in [5, 5.41) is 7.35. The second-order valence-electron chi connectivity index (χ2n) is 5.08. The van der Waals surface area contributed by atoms with Gasteiger partial charge in [-0.2, -0.15) is 4.98 Å². The molecule has 3 aromatic rings. The van der Waals surface area contributed by atoms with E-state index in [1.54, 1.807) is 12.1 Å². The van der Waals surface area contributed by atoms with E-state index in [1.165, 1.54) is 0 Å². The Morgan fingerprint density at radius 1 is 1.21 bits per heavy atom. The predicted octanol–water partition coefficient (Wildman–Crippen LogP) is 4.72. The highest BCUT2D eigenvalue weighted by atomic mass is 79.9. The van der Waals surface area contributed by atoms with E-state index in [-0.39, 0.29) is 12.3 Å². The third kappa shape index (κ3) is 4.43. The summed E-state index contributed by atoms with van der Waals surface area (Å²) in [7, 11) is 0. The third-order valence-electron chi connectivity index (χ3n) is 3.23. The molecule has 1 heterocycles. The van der Waals surface area contributed by atoms with Crippen LogP contribution in [0.4, 0.5) is 5.69 Å². The monoisotopic (exact) mass is 405 g/mol. The van der Waals surface area contributed by atoms with Gasteiger partial charge >= 0.3 is 0 Å². The van der Waals surface area contributed by atoms with Gasteiger partial charge in [0.2, 0.25) is 17.6 Å². The smallest absolute Gasteiger partial charge is 0.227 e. The number of nitrogens with one attached hydrogen (secondary N) is 1. The fourth-order valence-corrected chi connectivity index (χ4v) is 2.70. The lowest BCUT2D eigenvalue weighted by Gasteiger charge is -2.04. The van der Waals surface area contributed by atoms with Gasteiger partial charge in [0.25, 0.3) is 0 Å². The van der Waals surface area contributed by atoms with Crippen molar-refractivity contribution in [3.05, 3.63) is 63.9 Å². The maximum absolute atomic E-state index is 12.0. The van der Waals surface area contributed by atoms with Crippen LogP contribution in [0.1, 0.15) is 12.3 Å². The molecule has 0 fully saturated rings. The number of rotatable bonds is 5. The second-order valence-corrected chi connectivity index (χ2v) is 6.43. The zero-order valence-electron chi connectivity index (χ0n) is 12.5. The van der Waals surface area contributed by atoms with Gasteiger partial charge in [-0.15, -0.1) is 0 Å². The quantitative estimate of drug-likeness (QED) is 0.665. The number of anilines is 1. The van der Waals surface area contributed by atoms with Gasteiger partial charge in [-0.1, -0.05) is 50.9 Å². The molecule has 5 nitrogen and oxygen atoms in total. The Kier molecular flexibility index (Phi) is 5.27. The summed E-state index contributed by atoms with van der Waals surface area (Å²) >= 11 is 9.31. The number of carbonyl (C=O) groups excluding carboxylic acids is 1. The summed E-state index contributed by atoms with van der Waals surface area (Å²) in [6, 6.07) is 14.6. The maximum Gasteiger partial charge on any atom is 0.227 e. The Balaban J connectivity index is 1.58. The Hall–Kier alpha value is -2.18. The fourth-order valence-electron chi connectivity index (χ4n) is 2.11. The van der Waals surface area contributed by atoms with E-state index in [0.29, 0.717) is 23.2 Å². The highest BCUT2D eigenvalue weighted by molar-refractivity contribution is 9.10. The van der Waals surface area contributed by atoms with E-state index in [9.17, 15) is 4.79 Å². The first kappa shape index (κ1) is 16.7. The lowest BCUT2D eigenvalue weighted by molar-refractivity contribution is -0.116. The topological polar surface area (TPSA) is 68.0 Å². The van der Waals surface area contributed by atoms with Crippen LogP contribution in [0.15, 0.2) is 57.5 Å². The molecule has 3 rings (SSSR count).